The van der Waals surface area contributed by atoms with Crippen LogP contribution in [0.3, 0.4) is 0 Å². The Kier molecular flexibility index (Phi) is 3.23. The van der Waals surface area contributed by atoms with Crippen LogP contribution in [0, 0.1) is 0 Å². The predicted molar refractivity (Wildman–Crippen MR) is 87.6 cm³/mol. The highest BCUT2D eigenvalue weighted by Crippen LogP contribution is 2.42. The second kappa shape index (κ2) is 5.25. The Bertz CT molecular complexity index is 865. The summed E-state index contributed by atoms with van der Waals surface area (Å²) >= 11 is 6.14. The standard InChI is InChI=1S/C18H15ClN2O/c19-16-5-4-14(17(8-16)13-2-3-13)10-21-18-6-1-12(11-22)7-15(18)9-20-21/h1,4-9,11,13H,2-3,10H2. The molecule has 3 aromatic rings. The van der Waals surface area contributed by atoms with Crippen LogP contribution in [0.15, 0.2) is 42.6 Å². The molecule has 0 bridgehead atoms. The third-order valence-corrected chi connectivity index (χ3v) is 4.48. The molecule has 0 radical (unpaired) electrons. The lowest BCUT2D eigenvalue weighted by Crippen LogP contribution is -2.04. The van der Waals surface area contributed by atoms with E-state index in [1.807, 2.05) is 35.1 Å². The highest BCUT2D eigenvalue weighted by atomic mass is 35.5. The second-order valence-corrected chi connectivity index (χ2v) is 6.29. The largest absolute Gasteiger partial charge is 0.298 e. The van der Waals surface area contributed by atoms with Gasteiger partial charge in [-0.25, -0.2) is 0 Å². The van der Waals surface area contributed by atoms with Crippen LogP contribution in [0.1, 0.15) is 40.2 Å². The summed E-state index contributed by atoms with van der Waals surface area (Å²) < 4.78 is 1.99. The third kappa shape index (κ3) is 2.42. The molecule has 0 aliphatic heterocycles. The molecule has 0 unspecified atom stereocenters. The summed E-state index contributed by atoms with van der Waals surface area (Å²) in [5.41, 5.74) is 4.34. The van der Waals surface area contributed by atoms with Crippen LogP contribution in [0.2, 0.25) is 5.02 Å². The molecular weight excluding hydrogens is 296 g/mol. The van der Waals surface area contributed by atoms with Gasteiger partial charge in [0, 0.05) is 16.0 Å². The summed E-state index contributed by atoms with van der Waals surface area (Å²) in [7, 11) is 0. The van der Waals surface area contributed by atoms with Crippen molar-refractivity contribution in [2.24, 2.45) is 0 Å². The highest BCUT2D eigenvalue weighted by molar-refractivity contribution is 6.30. The Morgan fingerprint density at radius 3 is 2.86 bits per heavy atom. The van der Waals surface area contributed by atoms with E-state index in [-0.39, 0.29) is 0 Å². The highest BCUT2D eigenvalue weighted by Gasteiger charge is 2.26. The summed E-state index contributed by atoms with van der Waals surface area (Å²) in [6, 6.07) is 11.8. The van der Waals surface area contributed by atoms with E-state index in [2.05, 4.69) is 17.2 Å². The van der Waals surface area contributed by atoms with Gasteiger partial charge in [0.1, 0.15) is 6.29 Å². The topological polar surface area (TPSA) is 34.9 Å². The Morgan fingerprint density at radius 1 is 1.23 bits per heavy atom. The first-order valence-corrected chi connectivity index (χ1v) is 7.81. The maximum Gasteiger partial charge on any atom is 0.150 e. The van der Waals surface area contributed by atoms with Crippen LogP contribution in [0.25, 0.3) is 10.9 Å². The van der Waals surface area contributed by atoms with Crippen LogP contribution in [-0.2, 0) is 6.54 Å². The molecule has 0 spiro atoms. The van der Waals surface area contributed by atoms with Gasteiger partial charge in [-0.1, -0.05) is 17.7 Å². The van der Waals surface area contributed by atoms with Gasteiger partial charge in [-0.2, -0.15) is 5.10 Å². The number of carbonyl (C=O) groups is 1. The van der Waals surface area contributed by atoms with Crippen LogP contribution in [0.4, 0.5) is 0 Å². The van der Waals surface area contributed by atoms with Gasteiger partial charge in [0.05, 0.1) is 18.3 Å². The van der Waals surface area contributed by atoms with Gasteiger partial charge in [0.25, 0.3) is 0 Å². The minimum absolute atomic E-state index is 0.650. The molecule has 0 atom stereocenters. The Hall–Kier alpha value is -2.13. The van der Waals surface area contributed by atoms with Crippen molar-refractivity contribution in [3.05, 3.63) is 64.3 Å². The number of nitrogens with zero attached hydrogens (tertiary/aromatic N) is 2. The van der Waals surface area contributed by atoms with Crippen molar-refractivity contribution < 1.29 is 4.79 Å². The van der Waals surface area contributed by atoms with Crippen LogP contribution in [0.5, 0.6) is 0 Å². The second-order valence-electron chi connectivity index (χ2n) is 5.86. The summed E-state index contributed by atoms with van der Waals surface area (Å²) in [5, 5.41) is 6.27. The molecule has 4 heteroatoms. The van der Waals surface area contributed by atoms with Crippen molar-refractivity contribution in [2.75, 3.05) is 0 Å². The molecule has 1 aliphatic carbocycles. The number of fused-ring (bicyclic) bond motifs is 1. The number of rotatable bonds is 4. The average Bonchev–Trinajstić information content (AvgIpc) is 3.31. The molecule has 0 amide bonds. The summed E-state index contributed by atoms with van der Waals surface area (Å²) in [5.74, 6) is 0.650. The fourth-order valence-corrected chi connectivity index (χ4v) is 3.13. The number of hydrogen-bond donors (Lipinski definition) is 0. The first-order chi connectivity index (χ1) is 10.7. The summed E-state index contributed by atoms with van der Waals surface area (Å²) in [6.07, 6.45) is 5.17. The number of halogens is 1. The zero-order chi connectivity index (χ0) is 15.1. The van der Waals surface area contributed by atoms with E-state index in [0.717, 1.165) is 28.8 Å². The molecule has 1 heterocycles. The van der Waals surface area contributed by atoms with Crippen LogP contribution in [-0.4, -0.2) is 16.1 Å². The molecule has 0 N–H and O–H groups in total. The van der Waals surface area contributed by atoms with E-state index in [0.29, 0.717) is 11.5 Å². The van der Waals surface area contributed by atoms with E-state index in [9.17, 15) is 4.79 Å². The fraction of sp³-hybridized carbons (Fsp3) is 0.222. The number of benzene rings is 2. The zero-order valence-electron chi connectivity index (χ0n) is 12.0. The summed E-state index contributed by atoms with van der Waals surface area (Å²) in [4.78, 5) is 10.9. The zero-order valence-corrected chi connectivity index (χ0v) is 12.8. The molecule has 1 aromatic heterocycles. The molecule has 2 aromatic carbocycles. The van der Waals surface area contributed by atoms with Crippen molar-refractivity contribution in [1.82, 2.24) is 9.78 Å². The lowest BCUT2D eigenvalue weighted by Gasteiger charge is -2.10. The number of carbonyl (C=O) groups excluding carboxylic acids is 1. The molecular formula is C18H15ClN2O. The smallest absolute Gasteiger partial charge is 0.150 e. The quantitative estimate of drug-likeness (QED) is 0.668. The van der Waals surface area contributed by atoms with Crippen molar-refractivity contribution in [1.29, 1.82) is 0 Å². The van der Waals surface area contributed by atoms with E-state index in [1.54, 1.807) is 0 Å². The van der Waals surface area contributed by atoms with Crippen LogP contribution >= 0.6 is 11.6 Å². The fourth-order valence-electron chi connectivity index (χ4n) is 2.95. The minimum atomic E-state index is 0.650. The Morgan fingerprint density at radius 2 is 2.09 bits per heavy atom. The van der Waals surface area contributed by atoms with E-state index < -0.39 is 0 Å². The number of aromatic nitrogens is 2. The maximum absolute atomic E-state index is 10.9. The molecule has 110 valence electrons. The molecule has 1 saturated carbocycles. The van der Waals surface area contributed by atoms with Gasteiger partial charge in [-0.05, 0) is 60.2 Å². The first-order valence-electron chi connectivity index (χ1n) is 7.43. The van der Waals surface area contributed by atoms with E-state index in [1.165, 1.54) is 24.0 Å². The monoisotopic (exact) mass is 310 g/mol. The molecule has 0 saturated heterocycles. The van der Waals surface area contributed by atoms with Gasteiger partial charge in [-0.3, -0.25) is 9.48 Å². The van der Waals surface area contributed by atoms with Crippen molar-refractivity contribution >= 4 is 28.8 Å². The lowest BCUT2D eigenvalue weighted by molar-refractivity contribution is 0.112. The van der Waals surface area contributed by atoms with E-state index in [4.69, 9.17) is 11.6 Å². The third-order valence-electron chi connectivity index (χ3n) is 4.25. The van der Waals surface area contributed by atoms with Gasteiger partial charge >= 0.3 is 0 Å². The van der Waals surface area contributed by atoms with Crippen molar-refractivity contribution in [3.8, 4) is 0 Å². The lowest BCUT2D eigenvalue weighted by atomic mass is 10.0. The maximum atomic E-state index is 10.9. The molecule has 1 aliphatic rings. The van der Waals surface area contributed by atoms with Gasteiger partial charge in [0.2, 0.25) is 0 Å². The normalized spacial score (nSPS) is 14.4. The average molecular weight is 311 g/mol. The molecule has 1 fully saturated rings. The first kappa shape index (κ1) is 13.5. The Balaban J connectivity index is 1.73. The molecule has 4 rings (SSSR count). The van der Waals surface area contributed by atoms with Crippen molar-refractivity contribution in [3.63, 3.8) is 0 Å². The van der Waals surface area contributed by atoms with Gasteiger partial charge in [0.15, 0.2) is 0 Å². The molecule has 22 heavy (non-hydrogen) atoms. The molecule has 3 nitrogen and oxygen atoms in total. The SMILES string of the molecule is O=Cc1ccc2c(cnn2Cc2ccc(Cl)cc2C2CC2)c1. The van der Waals surface area contributed by atoms with Gasteiger partial charge < -0.3 is 0 Å². The van der Waals surface area contributed by atoms with E-state index >= 15 is 0 Å². The predicted octanol–water partition coefficient (Wildman–Crippen LogP) is 4.43. The van der Waals surface area contributed by atoms with Gasteiger partial charge in [-0.15, -0.1) is 0 Å². The Labute approximate surface area is 133 Å². The van der Waals surface area contributed by atoms with Crippen molar-refractivity contribution in [2.45, 2.75) is 25.3 Å². The minimum Gasteiger partial charge on any atom is -0.298 e. The van der Waals surface area contributed by atoms with Crippen LogP contribution < -0.4 is 0 Å². The number of hydrogen-bond acceptors (Lipinski definition) is 2. The number of aldehydes is 1. The summed E-state index contributed by atoms with van der Waals surface area (Å²) in [6.45, 7) is 0.729.